The third-order valence-corrected chi connectivity index (χ3v) is 2.88. The van der Waals surface area contributed by atoms with E-state index in [0.717, 1.165) is 36.5 Å². The number of pyridine rings is 1. The first-order valence-electron chi connectivity index (χ1n) is 6.32. The van der Waals surface area contributed by atoms with Crippen LogP contribution in [0.1, 0.15) is 39.1 Å². The standard InChI is InChI=1S/C13H20N4/c1-4-9-17-12(10(3)14-5-2)16-11-7-6-8-15-13(11)17/h6-8,10,14H,4-5,9H2,1-3H3. The fraction of sp³-hybridized carbons (Fsp3) is 0.538. The first kappa shape index (κ1) is 12.0. The molecule has 0 aromatic carbocycles. The topological polar surface area (TPSA) is 42.7 Å². The van der Waals surface area contributed by atoms with Gasteiger partial charge in [0.25, 0.3) is 0 Å². The second-order valence-corrected chi connectivity index (χ2v) is 4.25. The van der Waals surface area contributed by atoms with Crippen molar-refractivity contribution in [1.29, 1.82) is 0 Å². The van der Waals surface area contributed by atoms with Gasteiger partial charge in [-0.1, -0.05) is 13.8 Å². The number of hydrogen-bond donors (Lipinski definition) is 1. The molecule has 17 heavy (non-hydrogen) atoms. The van der Waals surface area contributed by atoms with Crippen LogP contribution in [0, 0.1) is 0 Å². The zero-order valence-corrected chi connectivity index (χ0v) is 10.8. The SMILES string of the molecule is CCCn1c(C(C)NCC)nc2cccnc21. The highest BCUT2D eigenvalue weighted by Crippen LogP contribution is 2.19. The maximum absolute atomic E-state index is 4.69. The van der Waals surface area contributed by atoms with Crippen LogP contribution < -0.4 is 5.32 Å². The highest BCUT2D eigenvalue weighted by molar-refractivity contribution is 5.71. The molecule has 1 unspecified atom stereocenters. The van der Waals surface area contributed by atoms with E-state index < -0.39 is 0 Å². The predicted octanol–water partition coefficient (Wildman–Crippen LogP) is 2.51. The molecular formula is C13H20N4. The van der Waals surface area contributed by atoms with Crippen molar-refractivity contribution in [2.75, 3.05) is 6.54 Å². The Hall–Kier alpha value is -1.42. The van der Waals surface area contributed by atoms with E-state index in [1.54, 1.807) is 0 Å². The van der Waals surface area contributed by atoms with Gasteiger partial charge in [-0.25, -0.2) is 9.97 Å². The minimum absolute atomic E-state index is 0.265. The Morgan fingerprint density at radius 1 is 1.41 bits per heavy atom. The Morgan fingerprint density at radius 2 is 2.24 bits per heavy atom. The van der Waals surface area contributed by atoms with Crippen molar-refractivity contribution in [2.24, 2.45) is 0 Å². The quantitative estimate of drug-likeness (QED) is 0.861. The average molecular weight is 232 g/mol. The largest absolute Gasteiger partial charge is 0.311 e. The lowest BCUT2D eigenvalue weighted by atomic mass is 10.3. The van der Waals surface area contributed by atoms with E-state index in [0.29, 0.717) is 0 Å². The molecule has 0 aliphatic rings. The summed E-state index contributed by atoms with van der Waals surface area (Å²) in [5.41, 5.74) is 1.98. The summed E-state index contributed by atoms with van der Waals surface area (Å²) in [6.45, 7) is 8.36. The Labute approximate surface area is 102 Å². The van der Waals surface area contributed by atoms with Crippen molar-refractivity contribution in [3.05, 3.63) is 24.2 Å². The second kappa shape index (κ2) is 5.27. The van der Waals surface area contributed by atoms with Gasteiger partial charge in [-0.15, -0.1) is 0 Å². The van der Waals surface area contributed by atoms with Crippen LogP contribution in [-0.4, -0.2) is 21.1 Å². The normalized spacial score (nSPS) is 13.1. The molecule has 2 rings (SSSR count). The number of aryl methyl sites for hydroxylation is 1. The molecule has 0 aliphatic heterocycles. The van der Waals surface area contributed by atoms with Gasteiger partial charge < -0.3 is 9.88 Å². The van der Waals surface area contributed by atoms with Gasteiger partial charge in [-0.2, -0.15) is 0 Å². The number of imidazole rings is 1. The van der Waals surface area contributed by atoms with Gasteiger partial charge in [0, 0.05) is 12.7 Å². The van der Waals surface area contributed by atoms with Gasteiger partial charge in [0.2, 0.25) is 0 Å². The molecule has 4 heteroatoms. The zero-order valence-electron chi connectivity index (χ0n) is 10.8. The molecule has 2 aromatic rings. The monoisotopic (exact) mass is 232 g/mol. The van der Waals surface area contributed by atoms with E-state index in [4.69, 9.17) is 0 Å². The lowest BCUT2D eigenvalue weighted by Gasteiger charge is -2.14. The van der Waals surface area contributed by atoms with Crippen LogP contribution in [-0.2, 0) is 6.54 Å². The Balaban J connectivity index is 2.49. The molecule has 2 aromatic heterocycles. The van der Waals surface area contributed by atoms with Gasteiger partial charge in [0.15, 0.2) is 5.65 Å². The van der Waals surface area contributed by atoms with E-state index in [1.807, 2.05) is 18.3 Å². The average Bonchev–Trinajstić information content (AvgIpc) is 2.70. The third-order valence-electron chi connectivity index (χ3n) is 2.88. The number of nitrogens with one attached hydrogen (secondary N) is 1. The van der Waals surface area contributed by atoms with Crippen molar-refractivity contribution in [3.8, 4) is 0 Å². The summed E-state index contributed by atoms with van der Waals surface area (Å²) in [5, 5.41) is 3.41. The lowest BCUT2D eigenvalue weighted by Crippen LogP contribution is -2.21. The summed E-state index contributed by atoms with van der Waals surface area (Å²) in [6, 6.07) is 4.23. The summed E-state index contributed by atoms with van der Waals surface area (Å²) < 4.78 is 2.22. The number of rotatable bonds is 5. The fourth-order valence-electron chi connectivity index (χ4n) is 2.15. The van der Waals surface area contributed by atoms with Crippen LogP contribution in [0.2, 0.25) is 0 Å². The number of fused-ring (bicyclic) bond motifs is 1. The van der Waals surface area contributed by atoms with E-state index >= 15 is 0 Å². The number of hydrogen-bond acceptors (Lipinski definition) is 3. The maximum Gasteiger partial charge on any atom is 0.160 e. The van der Waals surface area contributed by atoms with Crippen molar-refractivity contribution < 1.29 is 0 Å². The van der Waals surface area contributed by atoms with Crippen LogP contribution in [0.3, 0.4) is 0 Å². The molecule has 0 spiro atoms. The molecular weight excluding hydrogens is 212 g/mol. The molecule has 0 radical (unpaired) electrons. The third kappa shape index (κ3) is 2.31. The second-order valence-electron chi connectivity index (χ2n) is 4.25. The Morgan fingerprint density at radius 3 is 2.94 bits per heavy atom. The van der Waals surface area contributed by atoms with Crippen LogP contribution in [0.25, 0.3) is 11.2 Å². The predicted molar refractivity (Wildman–Crippen MR) is 69.9 cm³/mol. The van der Waals surface area contributed by atoms with E-state index in [1.165, 1.54) is 0 Å². The minimum Gasteiger partial charge on any atom is -0.311 e. The van der Waals surface area contributed by atoms with Gasteiger partial charge in [-0.3, -0.25) is 0 Å². The van der Waals surface area contributed by atoms with Crippen LogP contribution in [0.5, 0.6) is 0 Å². The van der Waals surface area contributed by atoms with E-state index in [2.05, 4.69) is 40.6 Å². The molecule has 4 nitrogen and oxygen atoms in total. The van der Waals surface area contributed by atoms with Gasteiger partial charge >= 0.3 is 0 Å². The molecule has 2 heterocycles. The van der Waals surface area contributed by atoms with Crippen LogP contribution >= 0.6 is 0 Å². The molecule has 92 valence electrons. The first-order chi connectivity index (χ1) is 8.27. The van der Waals surface area contributed by atoms with Crippen molar-refractivity contribution >= 4 is 11.2 Å². The number of aromatic nitrogens is 3. The summed E-state index contributed by atoms with van der Waals surface area (Å²) in [5.74, 6) is 1.09. The molecule has 0 saturated heterocycles. The number of nitrogens with zero attached hydrogens (tertiary/aromatic N) is 3. The summed E-state index contributed by atoms with van der Waals surface area (Å²) >= 11 is 0. The maximum atomic E-state index is 4.69. The van der Waals surface area contributed by atoms with Gasteiger partial charge in [-0.05, 0) is 32.0 Å². The molecule has 0 amide bonds. The molecule has 1 atom stereocenters. The fourth-order valence-corrected chi connectivity index (χ4v) is 2.15. The minimum atomic E-state index is 0.265. The van der Waals surface area contributed by atoms with Crippen LogP contribution in [0.4, 0.5) is 0 Å². The summed E-state index contributed by atoms with van der Waals surface area (Å²) in [7, 11) is 0. The summed E-state index contributed by atoms with van der Waals surface area (Å²) in [6.07, 6.45) is 2.92. The molecule has 0 fully saturated rings. The smallest absolute Gasteiger partial charge is 0.160 e. The molecule has 0 aliphatic carbocycles. The first-order valence-corrected chi connectivity index (χ1v) is 6.32. The Kier molecular flexibility index (Phi) is 3.74. The van der Waals surface area contributed by atoms with Gasteiger partial charge in [0.05, 0.1) is 6.04 Å². The lowest BCUT2D eigenvalue weighted by molar-refractivity contribution is 0.526. The molecule has 1 N–H and O–H groups in total. The van der Waals surface area contributed by atoms with Crippen molar-refractivity contribution in [1.82, 2.24) is 19.9 Å². The van der Waals surface area contributed by atoms with E-state index in [9.17, 15) is 0 Å². The van der Waals surface area contributed by atoms with Crippen molar-refractivity contribution in [3.63, 3.8) is 0 Å². The molecule has 0 saturated carbocycles. The molecule has 0 bridgehead atoms. The summed E-state index contributed by atoms with van der Waals surface area (Å²) in [4.78, 5) is 9.12. The Bertz CT molecular complexity index is 489. The zero-order chi connectivity index (χ0) is 12.3. The van der Waals surface area contributed by atoms with Crippen LogP contribution in [0.15, 0.2) is 18.3 Å². The van der Waals surface area contributed by atoms with E-state index in [-0.39, 0.29) is 6.04 Å². The highest BCUT2D eigenvalue weighted by atomic mass is 15.2. The highest BCUT2D eigenvalue weighted by Gasteiger charge is 2.15. The van der Waals surface area contributed by atoms with Crippen molar-refractivity contribution in [2.45, 2.75) is 39.8 Å². The van der Waals surface area contributed by atoms with Gasteiger partial charge in [0.1, 0.15) is 11.3 Å².